The van der Waals surface area contributed by atoms with Gasteiger partial charge < -0.3 is 19.7 Å². The molecule has 0 saturated heterocycles. The van der Waals surface area contributed by atoms with Gasteiger partial charge in [0.1, 0.15) is 0 Å². The second-order valence-electron chi connectivity index (χ2n) is 8.11. The van der Waals surface area contributed by atoms with E-state index in [0.717, 1.165) is 44.1 Å². The van der Waals surface area contributed by atoms with Crippen molar-refractivity contribution in [2.75, 3.05) is 6.61 Å². The lowest BCUT2D eigenvalue weighted by Gasteiger charge is -2.15. The molecule has 172 valence electrons. The van der Waals surface area contributed by atoms with Gasteiger partial charge in [-0.25, -0.2) is 4.79 Å². The van der Waals surface area contributed by atoms with E-state index in [0.29, 0.717) is 12.4 Å². The normalized spacial score (nSPS) is 10.9. The summed E-state index contributed by atoms with van der Waals surface area (Å²) in [6, 6.07) is 3.29. The molecule has 0 fully saturated rings. The summed E-state index contributed by atoms with van der Waals surface area (Å²) < 4.78 is 10.5. The Kier molecular flexibility index (Phi) is 14.7. The molecular formula is C25H42O5. The quantitative estimate of drug-likeness (QED) is 0.143. The Morgan fingerprint density at radius 1 is 0.800 bits per heavy atom. The average Bonchev–Trinajstić information content (AvgIpc) is 2.72. The molecule has 0 bridgehead atoms. The molecule has 1 aromatic carbocycles. The van der Waals surface area contributed by atoms with Gasteiger partial charge in [-0.2, -0.15) is 0 Å². The lowest BCUT2D eigenvalue weighted by atomic mass is 10.0. The molecule has 1 rings (SSSR count). The Morgan fingerprint density at radius 3 is 1.90 bits per heavy atom. The summed E-state index contributed by atoms with van der Waals surface area (Å²) in [6.45, 7) is 4.91. The molecule has 0 unspecified atom stereocenters. The van der Waals surface area contributed by atoms with Crippen molar-refractivity contribution < 1.29 is 24.5 Å². The smallest absolute Gasteiger partial charge is 0.502 e. The van der Waals surface area contributed by atoms with E-state index in [4.69, 9.17) is 9.84 Å². The molecule has 0 heterocycles. The number of benzene rings is 1. The van der Waals surface area contributed by atoms with Crippen LogP contribution in [0.4, 0.5) is 4.79 Å². The number of unbranched alkanes of at least 4 members (excludes halogenated alkanes) is 12. The second-order valence-corrected chi connectivity index (χ2v) is 8.11. The van der Waals surface area contributed by atoms with Gasteiger partial charge in [0.2, 0.25) is 5.75 Å². The van der Waals surface area contributed by atoms with Crippen molar-refractivity contribution in [2.45, 2.75) is 110 Å². The molecule has 0 atom stereocenters. The number of ether oxygens (including phenoxy) is 2. The molecule has 0 aliphatic carbocycles. The Labute approximate surface area is 182 Å². The number of rotatable bonds is 18. The summed E-state index contributed by atoms with van der Waals surface area (Å²) in [4.78, 5) is 10.8. The van der Waals surface area contributed by atoms with Gasteiger partial charge in [0, 0.05) is 0 Å². The highest BCUT2D eigenvalue weighted by atomic mass is 16.7. The Hall–Kier alpha value is -1.91. The van der Waals surface area contributed by atoms with Gasteiger partial charge in [0.25, 0.3) is 0 Å². The Morgan fingerprint density at radius 2 is 1.33 bits per heavy atom. The highest BCUT2D eigenvalue weighted by Gasteiger charge is 2.17. The van der Waals surface area contributed by atoms with E-state index in [1.54, 1.807) is 6.07 Å². The van der Waals surface area contributed by atoms with Crippen LogP contribution in [0.1, 0.15) is 109 Å². The van der Waals surface area contributed by atoms with Gasteiger partial charge in [0.05, 0.1) is 6.61 Å². The molecule has 2 N–H and O–H groups in total. The molecule has 1 aromatic rings. The summed E-state index contributed by atoms with van der Waals surface area (Å²) in [7, 11) is 0. The molecular weight excluding hydrogens is 380 g/mol. The minimum absolute atomic E-state index is 0.0734. The minimum atomic E-state index is -1.44. The fraction of sp³-hybridized carbons (Fsp3) is 0.720. The number of aromatic hydroxyl groups is 1. The van der Waals surface area contributed by atoms with E-state index in [-0.39, 0.29) is 11.5 Å². The number of hydrogen-bond donors (Lipinski definition) is 2. The zero-order valence-electron chi connectivity index (χ0n) is 19.1. The third kappa shape index (κ3) is 11.3. The average molecular weight is 423 g/mol. The summed E-state index contributed by atoms with van der Waals surface area (Å²) in [5.74, 6) is 0.0853. The van der Waals surface area contributed by atoms with E-state index in [1.807, 2.05) is 0 Å². The van der Waals surface area contributed by atoms with E-state index >= 15 is 0 Å². The zero-order chi connectivity index (χ0) is 22.0. The molecule has 0 aliphatic heterocycles. The van der Waals surface area contributed by atoms with E-state index in [1.165, 1.54) is 63.9 Å². The van der Waals surface area contributed by atoms with Crippen molar-refractivity contribution in [1.82, 2.24) is 0 Å². The van der Waals surface area contributed by atoms with Gasteiger partial charge in [0.15, 0.2) is 11.5 Å². The van der Waals surface area contributed by atoms with Crippen LogP contribution in [0.3, 0.4) is 0 Å². The van der Waals surface area contributed by atoms with Crippen LogP contribution in [0.25, 0.3) is 0 Å². The second kappa shape index (κ2) is 16.8. The van der Waals surface area contributed by atoms with E-state index in [2.05, 4.69) is 18.6 Å². The van der Waals surface area contributed by atoms with Crippen molar-refractivity contribution in [3.05, 3.63) is 17.7 Å². The summed E-state index contributed by atoms with van der Waals surface area (Å²) in [5.41, 5.74) is 0.904. The number of hydrogen-bond acceptors (Lipinski definition) is 4. The number of aryl methyl sites for hydroxylation is 1. The number of phenols is 1. The van der Waals surface area contributed by atoms with Crippen molar-refractivity contribution in [3.8, 4) is 17.2 Å². The molecule has 0 aliphatic rings. The van der Waals surface area contributed by atoms with Crippen LogP contribution < -0.4 is 9.47 Å². The van der Waals surface area contributed by atoms with Gasteiger partial charge in [-0.1, -0.05) is 97.0 Å². The van der Waals surface area contributed by atoms with Crippen LogP contribution in [0, 0.1) is 0 Å². The highest BCUT2D eigenvalue weighted by molar-refractivity contribution is 5.65. The summed E-state index contributed by atoms with van der Waals surface area (Å²) in [6.07, 6.45) is 16.5. The maximum Gasteiger partial charge on any atom is 0.511 e. The maximum absolute atomic E-state index is 10.8. The van der Waals surface area contributed by atoms with Gasteiger partial charge in [-0.3, -0.25) is 0 Å². The first-order valence-corrected chi connectivity index (χ1v) is 12.0. The zero-order valence-corrected chi connectivity index (χ0v) is 19.1. The van der Waals surface area contributed by atoms with Gasteiger partial charge >= 0.3 is 6.16 Å². The number of carboxylic acid groups (broad SMARTS) is 1. The predicted octanol–water partition coefficient (Wildman–Crippen LogP) is 7.87. The topological polar surface area (TPSA) is 76.0 Å². The number of carbonyl (C=O) groups is 1. The van der Waals surface area contributed by atoms with Crippen LogP contribution >= 0.6 is 0 Å². The Bertz CT molecular complexity index is 585. The molecule has 0 spiro atoms. The largest absolute Gasteiger partial charge is 0.511 e. The lowest BCUT2D eigenvalue weighted by Crippen LogP contribution is -2.06. The van der Waals surface area contributed by atoms with Crippen LogP contribution in [-0.2, 0) is 6.42 Å². The molecule has 5 nitrogen and oxygen atoms in total. The minimum Gasteiger partial charge on any atom is -0.502 e. The highest BCUT2D eigenvalue weighted by Crippen LogP contribution is 2.40. The van der Waals surface area contributed by atoms with Crippen LogP contribution in [-0.4, -0.2) is 23.0 Å². The fourth-order valence-corrected chi connectivity index (χ4v) is 3.64. The Balaban J connectivity index is 2.36. The van der Waals surface area contributed by atoms with E-state index < -0.39 is 6.16 Å². The van der Waals surface area contributed by atoms with Crippen molar-refractivity contribution in [2.24, 2.45) is 0 Å². The SMILES string of the molecule is CCCCCCCCCCCCCOc1c(CCCCC)ccc(OC(=O)O)c1O. The molecule has 0 aromatic heterocycles. The molecule has 0 saturated carbocycles. The summed E-state index contributed by atoms with van der Waals surface area (Å²) >= 11 is 0. The lowest BCUT2D eigenvalue weighted by molar-refractivity contribution is 0.142. The van der Waals surface area contributed by atoms with Gasteiger partial charge in [-0.05, 0) is 30.9 Å². The van der Waals surface area contributed by atoms with Gasteiger partial charge in [-0.15, -0.1) is 0 Å². The number of phenolic OH excluding ortho intramolecular Hbond substituents is 1. The summed E-state index contributed by atoms with van der Waals surface area (Å²) in [5, 5.41) is 19.3. The first-order chi connectivity index (χ1) is 14.6. The molecule has 30 heavy (non-hydrogen) atoms. The third-order valence-electron chi connectivity index (χ3n) is 5.42. The predicted molar refractivity (Wildman–Crippen MR) is 122 cm³/mol. The van der Waals surface area contributed by atoms with Crippen molar-refractivity contribution in [3.63, 3.8) is 0 Å². The third-order valence-corrected chi connectivity index (χ3v) is 5.42. The molecule has 0 amide bonds. The van der Waals surface area contributed by atoms with Crippen LogP contribution in [0.2, 0.25) is 0 Å². The maximum atomic E-state index is 10.8. The fourth-order valence-electron chi connectivity index (χ4n) is 3.64. The van der Waals surface area contributed by atoms with Crippen LogP contribution in [0.5, 0.6) is 17.2 Å². The van der Waals surface area contributed by atoms with Crippen LogP contribution in [0.15, 0.2) is 12.1 Å². The van der Waals surface area contributed by atoms with Crippen molar-refractivity contribution >= 4 is 6.16 Å². The standard InChI is InChI=1S/C25H42O5/c1-3-5-7-8-9-10-11-12-13-14-16-20-29-24-21(17-15-6-4-2)18-19-22(23(24)26)30-25(27)28/h18-19,26H,3-17,20H2,1-2H3,(H,27,28). The van der Waals surface area contributed by atoms with Crippen molar-refractivity contribution in [1.29, 1.82) is 0 Å². The molecule has 0 radical (unpaired) electrons. The molecule has 5 heteroatoms. The first kappa shape index (κ1) is 26.1. The monoisotopic (exact) mass is 422 g/mol. The van der Waals surface area contributed by atoms with E-state index in [9.17, 15) is 9.90 Å². The first-order valence-electron chi connectivity index (χ1n) is 12.0.